The Kier molecular flexibility index (Phi) is 8.94. The van der Waals surface area contributed by atoms with Crippen LogP contribution in [0.5, 0.6) is 0 Å². The molecule has 0 atom stereocenters. The Labute approximate surface area is 98.8 Å². The first-order chi connectivity index (χ1) is 7.24. The molecule has 0 spiro atoms. The molecule has 0 amide bonds. The zero-order chi connectivity index (χ0) is 11.6. The lowest BCUT2D eigenvalue weighted by Gasteiger charge is -2.30. The van der Waals surface area contributed by atoms with Crippen LogP contribution in [-0.2, 0) is 0 Å². The van der Waals surface area contributed by atoms with Gasteiger partial charge in [-0.3, -0.25) is 0 Å². The molecule has 15 heavy (non-hydrogen) atoms. The second kappa shape index (κ2) is 9.06. The van der Waals surface area contributed by atoms with Crippen LogP contribution in [0.15, 0.2) is 0 Å². The summed E-state index contributed by atoms with van der Waals surface area (Å²) in [7, 11) is 0. The molecule has 0 radical (unpaired) electrons. The standard InChI is InChI=1S/C12H24N2S/c1-4-12(5-2,15-3)11-14-10-8-6-7-9-13/h14H,4-8,10-11H2,1-3H3. The fourth-order valence-corrected chi connectivity index (χ4v) is 2.45. The maximum absolute atomic E-state index is 8.39. The molecule has 0 aliphatic heterocycles. The molecule has 0 heterocycles. The van der Waals surface area contributed by atoms with Crippen molar-refractivity contribution in [1.82, 2.24) is 5.32 Å². The highest BCUT2D eigenvalue weighted by Gasteiger charge is 2.23. The van der Waals surface area contributed by atoms with Crippen molar-refractivity contribution in [3.8, 4) is 6.07 Å². The van der Waals surface area contributed by atoms with Crippen molar-refractivity contribution in [2.75, 3.05) is 19.3 Å². The lowest BCUT2D eigenvalue weighted by molar-refractivity contribution is 0.488. The van der Waals surface area contributed by atoms with E-state index < -0.39 is 0 Å². The first-order valence-corrected chi connectivity index (χ1v) is 7.10. The van der Waals surface area contributed by atoms with Crippen molar-refractivity contribution in [2.45, 2.75) is 50.7 Å². The van der Waals surface area contributed by atoms with Gasteiger partial charge in [0, 0.05) is 17.7 Å². The number of nitrogens with zero attached hydrogens (tertiary/aromatic N) is 1. The molecule has 0 aliphatic rings. The van der Waals surface area contributed by atoms with Crippen LogP contribution in [0, 0.1) is 11.3 Å². The highest BCUT2D eigenvalue weighted by atomic mass is 32.2. The molecule has 0 aliphatic carbocycles. The van der Waals surface area contributed by atoms with Gasteiger partial charge in [-0.15, -0.1) is 0 Å². The van der Waals surface area contributed by atoms with Crippen molar-refractivity contribution in [2.24, 2.45) is 0 Å². The van der Waals surface area contributed by atoms with Gasteiger partial charge in [0.2, 0.25) is 0 Å². The van der Waals surface area contributed by atoms with Crippen LogP contribution < -0.4 is 5.32 Å². The molecule has 3 heteroatoms. The summed E-state index contributed by atoms with van der Waals surface area (Å²) in [6.45, 7) is 6.66. The summed E-state index contributed by atoms with van der Waals surface area (Å²) in [4.78, 5) is 0. The molecular weight excluding hydrogens is 204 g/mol. The largest absolute Gasteiger partial charge is 0.315 e. The number of nitriles is 1. The molecule has 0 bridgehead atoms. The Balaban J connectivity index is 3.59. The lowest BCUT2D eigenvalue weighted by Crippen LogP contribution is -2.36. The van der Waals surface area contributed by atoms with Crippen LogP contribution in [0.2, 0.25) is 0 Å². The van der Waals surface area contributed by atoms with Crippen LogP contribution >= 0.6 is 11.8 Å². The van der Waals surface area contributed by atoms with Crippen LogP contribution in [0.1, 0.15) is 46.0 Å². The van der Waals surface area contributed by atoms with Crippen LogP contribution in [0.4, 0.5) is 0 Å². The third kappa shape index (κ3) is 6.06. The van der Waals surface area contributed by atoms with E-state index in [-0.39, 0.29) is 0 Å². The molecule has 0 aromatic carbocycles. The number of thioether (sulfide) groups is 1. The minimum atomic E-state index is 0.412. The third-order valence-electron chi connectivity index (χ3n) is 3.06. The molecule has 0 saturated carbocycles. The summed E-state index contributed by atoms with van der Waals surface area (Å²) in [6.07, 6.45) is 7.46. The molecule has 0 rings (SSSR count). The van der Waals surface area contributed by atoms with E-state index in [2.05, 4.69) is 31.5 Å². The lowest BCUT2D eigenvalue weighted by atomic mass is 10.0. The minimum Gasteiger partial charge on any atom is -0.315 e. The average molecular weight is 228 g/mol. The first kappa shape index (κ1) is 14.8. The Morgan fingerprint density at radius 3 is 2.40 bits per heavy atom. The highest BCUT2D eigenvalue weighted by Crippen LogP contribution is 2.29. The normalized spacial score (nSPS) is 11.3. The Bertz CT molecular complexity index is 174. The minimum absolute atomic E-state index is 0.412. The van der Waals surface area contributed by atoms with E-state index in [0.29, 0.717) is 11.2 Å². The fraction of sp³-hybridized carbons (Fsp3) is 0.917. The van der Waals surface area contributed by atoms with Crippen molar-refractivity contribution >= 4 is 11.8 Å². The van der Waals surface area contributed by atoms with E-state index in [1.54, 1.807) is 0 Å². The van der Waals surface area contributed by atoms with Crippen molar-refractivity contribution < 1.29 is 0 Å². The molecule has 1 N–H and O–H groups in total. The average Bonchev–Trinajstić information content (AvgIpc) is 2.29. The fourth-order valence-electron chi connectivity index (χ4n) is 1.63. The van der Waals surface area contributed by atoms with Crippen LogP contribution in [-0.4, -0.2) is 24.1 Å². The van der Waals surface area contributed by atoms with Gasteiger partial charge in [0.25, 0.3) is 0 Å². The third-order valence-corrected chi connectivity index (χ3v) is 4.65. The van der Waals surface area contributed by atoms with E-state index in [1.165, 1.54) is 12.8 Å². The van der Waals surface area contributed by atoms with E-state index in [0.717, 1.165) is 25.9 Å². The predicted octanol–water partition coefficient (Wildman–Crippen LogP) is 3.19. The second-order valence-corrected chi connectivity index (χ2v) is 5.16. The molecule has 0 saturated heterocycles. The quantitative estimate of drug-likeness (QED) is 0.616. The van der Waals surface area contributed by atoms with Gasteiger partial charge in [0.05, 0.1) is 6.07 Å². The van der Waals surface area contributed by atoms with Crippen molar-refractivity contribution in [3.05, 3.63) is 0 Å². The maximum Gasteiger partial charge on any atom is 0.0621 e. The number of rotatable bonds is 9. The monoisotopic (exact) mass is 228 g/mol. The van der Waals surface area contributed by atoms with E-state index in [9.17, 15) is 0 Å². The summed E-state index contributed by atoms with van der Waals surface area (Å²) in [6, 6.07) is 2.18. The number of hydrogen-bond donors (Lipinski definition) is 1. The van der Waals surface area contributed by atoms with Crippen LogP contribution in [0.25, 0.3) is 0 Å². The topological polar surface area (TPSA) is 35.8 Å². The second-order valence-electron chi connectivity index (χ2n) is 3.89. The summed E-state index contributed by atoms with van der Waals surface area (Å²) < 4.78 is 0.412. The van der Waals surface area contributed by atoms with E-state index in [4.69, 9.17) is 5.26 Å². The smallest absolute Gasteiger partial charge is 0.0621 e. The first-order valence-electron chi connectivity index (χ1n) is 5.87. The molecule has 0 aromatic heterocycles. The zero-order valence-corrected chi connectivity index (χ0v) is 11.1. The SMILES string of the molecule is CCC(CC)(CNCCCCC#N)SC. The predicted molar refractivity (Wildman–Crippen MR) is 69.2 cm³/mol. The number of unbranched alkanes of at least 4 members (excludes halogenated alkanes) is 2. The van der Waals surface area contributed by atoms with Crippen molar-refractivity contribution in [3.63, 3.8) is 0 Å². The number of nitrogens with one attached hydrogen (secondary N) is 1. The van der Waals surface area contributed by atoms with Gasteiger partial charge >= 0.3 is 0 Å². The zero-order valence-electron chi connectivity index (χ0n) is 10.3. The van der Waals surface area contributed by atoms with Gasteiger partial charge in [-0.2, -0.15) is 17.0 Å². The van der Waals surface area contributed by atoms with Gasteiger partial charge in [0.15, 0.2) is 0 Å². The molecule has 0 unspecified atom stereocenters. The molecular formula is C12H24N2S. The summed E-state index contributed by atoms with van der Waals surface area (Å²) in [5.41, 5.74) is 0. The Morgan fingerprint density at radius 1 is 1.27 bits per heavy atom. The summed E-state index contributed by atoms with van der Waals surface area (Å²) in [5.74, 6) is 0. The van der Waals surface area contributed by atoms with Gasteiger partial charge in [-0.05, 0) is 38.5 Å². The van der Waals surface area contributed by atoms with Gasteiger partial charge in [-0.25, -0.2) is 0 Å². The van der Waals surface area contributed by atoms with E-state index in [1.807, 2.05) is 11.8 Å². The van der Waals surface area contributed by atoms with Gasteiger partial charge in [-0.1, -0.05) is 13.8 Å². The molecule has 2 nitrogen and oxygen atoms in total. The molecule has 88 valence electrons. The van der Waals surface area contributed by atoms with Crippen molar-refractivity contribution in [1.29, 1.82) is 5.26 Å². The Morgan fingerprint density at radius 2 is 1.93 bits per heavy atom. The Hall–Kier alpha value is -0.200. The highest BCUT2D eigenvalue weighted by molar-refractivity contribution is 8.00. The molecule has 0 aromatic rings. The van der Waals surface area contributed by atoms with Gasteiger partial charge in [0.1, 0.15) is 0 Å². The summed E-state index contributed by atoms with van der Waals surface area (Å²) >= 11 is 1.97. The molecule has 0 fully saturated rings. The van der Waals surface area contributed by atoms with Gasteiger partial charge < -0.3 is 5.32 Å². The van der Waals surface area contributed by atoms with E-state index >= 15 is 0 Å². The maximum atomic E-state index is 8.39. The summed E-state index contributed by atoms with van der Waals surface area (Å²) in [5, 5.41) is 11.9. The van der Waals surface area contributed by atoms with Crippen LogP contribution in [0.3, 0.4) is 0 Å². The number of hydrogen-bond acceptors (Lipinski definition) is 3.